The fourth-order valence-electron chi connectivity index (χ4n) is 1.06. The highest BCUT2D eigenvalue weighted by molar-refractivity contribution is 6.17. The molecule has 0 bridgehead atoms. The van der Waals surface area contributed by atoms with Crippen LogP contribution in [0.5, 0.6) is 0 Å². The number of hydrogen-bond donors (Lipinski definition) is 0. The molecule has 0 aliphatic rings. The van der Waals surface area contributed by atoms with Gasteiger partial charge in [-0.3, -0.25) is 0 Å². The van der Waals surface area contributed by atoms with Crippen LogP contribution in [0, 0.1) is 0 Å². The second-order valence-corrected chi connectivity index (χ2v) is 3.51. The molecule has 15 heavy (non-hydrogen) atoms. The molecule has 0 fully saturated rings. The van der Waals surface area contributed by atoms with Crippen LogP contribution in [-0.4, -0.2) is 17.0 Å². The molecule has 1 heterocycles. The van der Waals surface area contributed by atoms with Gasteiger partial charge in [-0.1, -0.05) is 0 Å². The molecule has 0 spiro atoms. The van der Waals surface area contributed by atoms with Crippen LogP contribution in [0.4, 0.5) is 13.2 Å². The molecule has 1 aromatic rings. The summed E-state index contributed by atoms with van der Waals surface area (Å²) in [6.45, 7) is 0. The van der Waals surface area contributed by atoms with Gasteiger partial charge in [0, 0.05) is 18.7 Å². The Hall–Kier alpha value is -0.710. The minimum atomic E-state index is -4.15. The molecule has 1 rings (SSSR count). The zero-order chi connectivity index (χ0) is 11.3. The molecule has 0 unspecified atom stereocenters. The van der Waals surface area contributed by atoms with Gasteiger partial charge in [-0.05, 0) is 6.42 Å². The van der Waals surface area contributed by atoms with E-state index in [0.29, 0.717) is 24.6 Å². The Morgan fingerprint density at radius 1 is 1.33 bits per heavy atom. The van der Waals surface area contributed by atoms with Gasteiger partial charge in [-0.15, -0.1) is 11.6 Å². The van der Waals surface area contributed by atoms with Crippen molar-refractivity contribution in [2.24, 2.45) is 0 Å². The van der Waals surface area contributed by atoms with Crippen molar-refractivity contribution in [1.29, 1.82) is 0 Å². The smallest absolute Gasteiger partial charge is 0.389 e. The first kappa shape index (κ1) is 12.4. The third-order valence-electron chi connectivity index (χ3n) is 1.78. The first-order valence-electron chi connectivity index (χ1n) is 4.57. The van der Waals surface area contributed by atoms with Gasteiger partial charge in [-0.25, -0.2) is 4.98 Å². The average Bonchev–Trinajstić information content (AvgIpc) is 2.58. The Kier molecular flexibility index (Phi) is 4.45. The van der Waals surface area contributed by atoms with Gasteiger partial charge in [-0.2, -0.15) is 13.2 Å². The van der Waals surface area contributed by atoms with E-state index in [9.17, 15) is 13.2 Å². The van der Waals surface area contributed by atoms with Crippen LogP contribution in [0.2, 0.25) is 0 Å². The van der Waals surface area contributed by atoms with Gasteiger partial charge in [0.25, 0.3) is 0 Å². The largest absolute Gasteiger partial charge is 0.446 e. The highest BCUT2D eigenvalue weighted by atomic mass is 35.5. The van der Waals surface area contributed by atoms with E-state index >= 15 is 0 Å². The number of nitrogens with zero attached hydrogens (tertiary/aromatic N) is 1. The number of halogens is 4. The van der Waals surface area contributed by atoms with Crippen molar-refractivity contribution in [3.8, 4) is 0 Å². The van der Waals surface area contributed by atoms with Gasteiger partial charge in [0.2, 0.25) is 0 Å². The number of aryl methyl sites for hydroxylation is 2. The van der Waals surface area contributed by atoms with Crippen molar-refractivity contribution in [3.63, 3.8) is 0 Å². The van der Waals surface area contributed by atoms with Crippen molar-refractivity contribution in [1.82, 2.24) is 4.98 Å². The first-order chi connectivity index (χ1) is 7.01. The Morgan fingerprint density at radius 3 is 2.67 bits per heavy atom. The standard InChI is InChI=1S/C9H11ClF3NO/c10-5-1-2-8-14-6-7(15-8)3-4-9(11,12)13/h6H,1-5H2. The van der Waals surface area contributed by atoms with Gasteiger partial charge >= 0.3 is 6.18 Å². The maximum absolute atomic E-state index is 11.9. The molecular formula is C9H11ClF3NO. The lowest BCUT2D eigenvalue weighted by molar-refractivity contribution is -0.134. The summed E-state index contributed by atoms with van der Waals surface area (Å²) in [5, 5.41) is 0. The lowest BCUT2D eigenvalue weighted by Crippen LogP contribution is -2.08. The van der Waals surface area contributed by atoms with E-state index in [1.54, 1.807) is 0 Å². The van der Waals surface area contributed by atoms with Crippen molar-refractivity contribution in [3.05, 3.63) is 17.8 Å². The average molecular weight is 242 g/mol. The molecule has 0 atom stereocenters. The molecule has 0 amide bonds. The molecule has 0 N–H and O–H groups in total. The Bertz CT molecular complexity index is 298. The molecular weight excluding hydrogens is 231 g/mol. The number of oxazole rings is 1. The topological polar surface area (TPSA) is 26.0 Å². The highest BCUT2D eigenvalue weighted by Gasteiger charge is 2.27. The van der Waals surface area contributed by atoms with Crippen LogP contribution < -0.4 is 0 Å². The molecule has 2 nitrogen and oxygen atoms in total. The summed E-state index contributed by atoms with van der Waals surface area (Å²) >= 11 is 5.46. The van der Waals surface area contributed by atoms with E-state index in [1.165, 1.54) is 6.20 Å². The van der Waals surface area contributed by atoms with Crippen molar-refractivity contribution in [2.75, 3.05) is 5.88 Å². The summed E-state index contributed by atoms with van der Waals surface area (Å²) in [6, 6.07) is 0. The summed E-state index contributed by atoms with van der Waals surface area (Å²) < 4.78 is 40.7. The molecule has 6 heteroatoms. The Labute approximate surface area is 90.4 Å². The summed E-state index contributed by atoms with van der Waals surface area (Å²) in [7, 11) is 0. The molecule has 1 aromatic heterocycles. The normalized spacial score (nSPS) is 12.0. The number of hydrogen-bond acceptors (Lipinski definition) is 2. The van der Waals surface area contributed by atoms with Gasteiger partial charge in [0.15, 0.2) is 5.89 Å². The zero-order valence-electron chi connectivity index (χ0n) is 7.98. The highest BCUT2D eigenvalue weighted by Crippen LogP contribution is 2.22. The zero-order valence-corrected chi connectivity index (χ0v) is 8.74. The van der Waals surface area contributed by atoms with Crippen LogP contribution in [-0.2, 0) is 12.8 Å². The van der Waals surface area contributed by atoms with Crippen molar-refractivity contribution in [2.45, 2.75) is 31.9 Å². The van der Waals surface area contributed by atoms with Gasteiger partial charge < -0.3 is 4.42 Å². The monoisotopic (exact) mass is 241 g/mol. The SMILES string of the molecule is FC(F)(F)CCc1cnc(CCCCl)o1. The molecule has 0 aliphatic heterocycles. The predicted molar refractivity (Wildman–Crippen MR) is 49.9 cm³/mol. The third-order valence-corrected chi connectivity index (χ3v) is 2.05. The van der Waals surface area contributed by atoms with E-state index < -0.39 is 12.6 Å². The van der Waals surface area contributed by atoms with E-state index in [2.05, 4.69) is 4.98 Å². The summed E-state index contributed by atoms with van der Waals surface area (Å²) in [5.41, 5.74) is 0. The number of rotatable bonds is 5. The first-order valence-corrected chi connectivity index (χ1v) is 5.11. The quantitative estimate of drug-likeness (QED) is 0.739. The molecule has 0 aliphatic carbocycles. The fraction of sp³-hybridized carbons (Fsp3) is 0.667. The van der Waals surface area contributed by atoms with Crippen molar-refractivity contribution < 1.29 is 17.6 Å². The van der Waals surface area contributed by atoms with E-state index in [-0.39, 0.29) is 12.2 Å². The molecule has 86 valence electrons. The lowest BCUT2D eigenvalue weighted by atomic mass is 10.2. The second kappa shape index (κ2) is 5.39. The van der Waals surface area contributed by atoms with Crippen molar-refractivity contribution >= 4 is 11.6 Å². The van der Waals surface area contributed by atoms with Crippen LogP contribution in [0.3, 0.4) is 0 Å². The van der Waals surface area contributed by atoms with Crippen LogP contribution in [0.15, 0.2) is 10.6 Å². The summed E-state index contributed by atoms with van der Waals surface area (Å²) in [6.07, 6.45) is -2.57. The number of alkyl halides is 4. The maximum Gasteiger partial charge on any atom is 0.389 e. The predicted octanol–water partition coefficient (Wildman–Crippen LogP) is 3.34. The molecule has 0 radical (unpaired) electrons. The van der Waals surface area contributed by atoms with E-state index in [0.717, 1.165) is 0 Å². The lowest BCUT2D eigenvalue weighted by Gasteiger charge is -2.02. The third kappa shape index (κ3) is 5.06. The van der Waals surface area contributed by atoms with Gasteiger partial charge in [0.05, 0.1) is 12.6 Å². The van der Waals surface area contributed by atoms with E-state index in [4.69, 9.17) is 16.0 Å². The minimum Gasteiger partial charge on any atom is -0.446 e. The maximum atomic E-state index is 11.9. The Balaban J connectivity index is 2.39. The molecule has 0 aromatic carbocycles. The summed E-state index contributed by atoms with van der Waals surface area (Å²) in [5.74, 6) is 1.21. The molecule has 0 saturated carbocycles. The second-order valence-electron chi connectivity index (χ2n) is 3.13. The van der Waals surface area contributed by atoms with Gasteiger partial charge in [0.1, 0.15) is 5.76 Å². The van der Waals surface area contributed by atoms with E-state index in [1.807, 2.05) is 0 Å². The van der Waals surface area contributed by atoms with Crippen LogP contribution in [0.25, 0.3) is 0 Å². The van der Waals surface area contributed by atoms with Crippen LogP contribution in [0.1, 0.15) is 24.5 Å². The van der Waals surface area contributed by atoms with Crippen LogP contribution >= 0.6 is 11.6 Å². The number of aromatic nitrogens is 1. The fourth-order valence-corrected chi connectivity index (χ4v) is 1.20. The minimum absolute atomic E-state index is 0.155. The summed E-state index contributed by atoms with van der Waals surface area (Å²) in [4.78, 5) is 3.86. The Morgan fingerprint density at radius 2 is 2.07 bits per heavy atom. The molecule has 0 saturated heterocycles.